The lowest BCUT2D eigenvalue weighted by Crippen LogP contribution is -1.79. The first-order valence-electron chi connectivity index (χ1n) is 3.38. The van der Waals surface area contributed by atoms with Crippen molar-refractivity contribution in [2.45, 2.75) is 0 Å². The third-order valence-electron chi connectivity index (χ3n) is 1.42. The summed E-state index contributed by atoms with van der Waals surface area (Å²) < 4.78 is 5.81. The summed E-state index contributed by atoms with van der Waals surface area (Å²) in [6, 6.07) is 5.62. The summed E-state index contributed by atoms with van der Waals surface area (Å²) >= 11 is 3.26. The lowest BCUT2D eigenvalue weighted by atomic mass is 10.3. The van der Waals surface area contributed by atoms with Gasteiger partial charge in [-0.05, 0) is 28.1 Å². The van der Waals surface area contributed by atoms with Gasteiger partial charge in [-0.3, -0.25) is 4.98 Å². The molecule has 0 unspecified atom stereocenters. The van der Waals surface area contributed by atoms with Crippen molar-refractivity contribution in [3.05, 3.63) is 35.4 Å². The van der Waals surface area contributed by atoms with E-state index in [1.54, 1.807) is 6.20 Å². The highest BCUT2D eigenvalue weighted by Crippen LogP contribution is 2.24. The van der Waals surface area contributed by atoms with E-state index in [4.69, 9.17) is 4.42 Å². The van der Waals surface area contributed by atoms with Crippen molar-refractivity contribution in [1.82, 2.24) is 9.97 Å². The minimum absolute atomic E-state index is 0.663. The highest BCUT2D eigenvalue weighted by molar-refractivity contribution is 9.10. The molecule has 0 fully saturated rings. The van der Waals surface area contributed by atoms with Crippen molar-refractivity contribution >= 4 is 15.9 Å². The van der Waals surface area contributed by atoms with Crippen molar-refractivity contribution in [2.24, 2.45) is 0 Å². The Morgan fingerprint density at radius 2 is 2.17 bits per heavy atom. The van der Waals surface area contributed by atoms with Crippen LogP contribution in [0.25, 0.3) is 11.5 Å². The van der Waals surface area contributed by atoms with Gasteiger partial charge in [-0.25, -0.2) is 4.98 Å². The van der Waals surface area contributed by atoms with Gasteiger partial charge in [0.05, 0.1) is 0 Å². The lowest BCUT2D eigenvalue weighted by molar-refractivity contribution is 0.569. The predicted octanol–water partition coefficient (Wildman–Crippen LogP) is 2.50. The number of halogens is 1. The quantitative estimate of drug-likeness (QED) is 0.748. The minimum Gasteiger partial charge on any atom is -0.441 e. The van der Waals surface area contributed by atoms with Gasteiger partial charge in [0.25, 0.3) is 0 Å². The van der Waals surface area contributed by atoms with Crippen LogP contribution in [0.5, 0.6) is 0 Å². The number of nitrogens with zero attached hydrogens (tertiary/aromatic N) is 2. The molecule has 4 heteroatoms. The summed E-state index contributed by atoms with van der Waals surface area (Å²) in [5, 5.41) is 0. The molecule has 60 valence electrons. The maximum absolute atomic E-state index is 5.13. The molecule has 0 saturated carbocycles. The van der Waals surface area contributed by atoms with E-state index in [2.05, 4.69) is 25.9 Å². The Kier molecular flexibility index (Phi) is 1.91. The van der Waals surface area contributed by atoms with Crippen LogP contribution in [0.3, 0.4) is 0 Å². The van der Waals surface area contributed by atoms with Crippen LogP contribution in [0.1, 0.15) is 0 Å². The molecule has 12 heavy (non-hydrogen) atoms. The van der Waals surface area contributed by atoms with Crippen LogP contribution < -0.4 is 0 Å². The van der Waals surface area contributed by atoms with Gasteiger partial charge in [0.15, 0.2) is 16.8 Å². The normalized spacial score (nSPS) is 10.1. The van der Waals surface area contributed by atoms with Gasteiger partial charge >= 0.3 is 0 Å². The SMILES string of the molecule is Brc1ncoc1-c1ccccn1. The van der Waals surface area contributed by atoms with Gasteiger partial charge in [0, 0.05) is 6.20 Å². The minimum atomic E-state index is 0.663. The molecule has 0 radical (unpaired) electrons. The Bertz CT molecular complexity index is 372. The van der Waals surface area contributed by atoms with Crippen LogP contribution in [-0.2, 0) is 0 Å². The van der Waals surface area contributed by atoms with Crippen LogP contribution >= 0.6 is 15.9 Å². The van der Waals surface area contributed by atoms with Crippen molar-refractivity contribution in [3.63, 3.8) is 0 Å². The smallest absolute Gasteiger partial charge is 0.187 e. The average molecular weight is 225 g/mol. The van der Waals surface area contributed by atoms with Gasteiger partial charge in [-0.1, -0.05) is 6.07 Å². The van der Waals surface area contributed by atoms with E-state index in [0.29, 0.717) is 10.4 Å². The summed E-state index contributed by atoms with van der Waals surface area (Å²) in [4.78, 5) is 8.02. The van der Waals surface area contributed by atoms with Crippen LogP contribution in [-0.4, -0.2) is 9.97 Å². The monoisotopic (exact) mass is 224 g/mol. The van der Waals surface area contributed by atoms with E-state index >= 15 is 0 Å². The molecular formula is C8H5BrN2O. The number of oxazole rings is 1. The fourth-order valence-corrected chi connectivity index (χ4v) is 1.28. The molecule has 0 aromatic carbocycles. The zero-order valence-corrected chi connectivity index (χ0v) is 7.65. The number of pyridine rings is 1. The molecule has 0 amide bonds. The maximum atomic E-state index is 5.13. The van der Waals surface area contributed by atoms with E-state index in [-0.39, 0.29) is 0 Å². The molecule has 0 N–H and O–H groups in total. The van der Waals surface area contributed by atoms with E-state index in [1.165, 1.54) is 6.39 Å². The lowest BCUT2D eigenvalue weighted by Gasteiger charge is -1.92. The number of hydrogen-bond acceptors (Lipinski definition) is 3. The standard InChI is InChI=1S/C8H5BrN2O/c9-8-7(12-5-11-8)6-3-1-2-4-10-6/h1-5H. The van der Waals surface area contributed by atoms with Crippen molar-refractivity contribution in [2.75, 3.05) is 0 Å². The summed E-state index contributed by atoms with van der Waals surface area (Å²) in [5.74, 6) is 0.663. The fourth-order valence-electron chi connectivity index (χ4n) is 0.896. The fraction of sp³-hybridized carbons (Fsp3) is 0. The third-order valence-corrected chi connectivity index (χ3v) is 1.99. The molecule has 2 heterocycles. The van der Waals surface area contributed by atoms with Crippen molar-refractivity contribution in [3.8, 4) is 11.5 Å². The molecule has 2 aromatic heterocycles. The van der Waals surface area contributed by atoms with Gasteiger partial charge in [0.1, 0.15) is 5.69 Å². The second-order valence-electron chi connectivity index (χ2n) is 2.19. The van der Waals surface area contributed by atoms with E-state index < -0.39 is 0 Å². The Labute approximate surface area is 77.6 Å². The first-order chi connectivity index (χ1) is 5.88. The zero-order valence-electron chi connectivity index (χ0n) is 6.07. The largest absolute Gasteiger partial charge is 0.441 e. The first kappa shape index (κ1) is 7.49. The van der Waals surface area contributed by atoms with Crippen LogP contribution in [0.4, 0.5) is 0 Å². The van der Waals surface area contributed by atoms with E-state index in [1.807, 2.05) is 18.2 Å². The summed E-state index contributed by atoms with van der Waals surface area (Å²) in [6.07, 6.45) is 3.10. The molecule has 0 spiro atoms. The first-order valence-corrected chi connectivity index (χ1v) is 4.17. The molecule has 0 aliphatic heterocycles. The predicted molar refractivity (Wildman–Crippen MR) is 47.4 cm³/mol. The molecule has 0 saturated heterocycles. The summed E-state index contributed by atoms with van der Waals surface area (Å²) in [7, 11) is 0. The Hall–Kier alpha value is -1.16. The molecule has 0 atom stereocenters. The van der Waals surface area contributed by atoms with Crippen LogP contribution in [0, 0.1) is 0 Å². The van der Waals surface area contributed by atoms with E-state index in [9.17, 15) is 0 Å². The van der Waals surface area contributed by atoms with Crippen LogP contribution in [0.15, 0.2) is 39.8 Å². The van der Waals surface area contributed by atoms with E-state index in [0.717, 1.165) is 5.69 Å². The Morgan fingerprint density at radius 3 is 2.75 bits per heavy atom. The highest BCUT2D eigenvalue weighted by Gasteiger charge is 2.07. The number of rotatable bonds is 1. The Morgan fingerprint density at radius 1 is 1.25 bits per heavy atom. The van der Waals surface area contributed by atoms with Crippen molar-refractivity contribution < 1.29 is 4.42 Å². The van der Waals surface area contributed by atoms with Crippen molar-refractivity contribution in [1.29, 1.82) is 0 Å². The molecule has 3 nitrogen and oxygen atoms in total. The molecule has 2 rings (SSSR count). The topological polar surface area (TPSA) is 38.9 Å². The molecular weight excluding hydrogens is 220 g/mol. The number of hydrogen-bond donors (Lipinski definition) is 0. The summed E-state index contributed by atoms with van der Waals surface area (Å²) in [6.45, 7) is 0. The third kappa shape index (κ3) is 1.25. The van der Waals surface area contributed by atoms with Gasteiger partial charge in [-0.2, -0.15) is 0 Å². The molecule has 0 bridgehead atoms. The highest BCUT2D eigenvalue weighted by atomic mass is 79.9. The second-order valence-corrected chi connectivity index (χ2v) is 2.94. The van der Waals surface area contributed by atoms with Gasteiger partial charge in [-0.15, -0.1) is 0 Å². The average Bonchev–Trinajstić information content (AvgIpc) is 2.53. The molecule has 2 aromatic rings. The maximum Gasteiger partial charge on any atom is 0.187 e. The second kappa shape index (κ2) is 3.06. The van der Waals surface area contributed by atoms with Gasteiger partial charge in [0.2, 0.25) is 0 Å². The molecule has 0 aliphatic carbocycles. The Balaban J connectivity index is 2.51. The molecule has 0 aliphatic rings. The van der Waals surface area contributed by atoms with Gasteiger partial charge < -0.3 is 4.42 Å². The number of aromatic nitrogens is 2. The zero-order chi connectivity index (χ0) is 8.39. The van der Waals surface area contributed by atoms with Crippen LogP contribution in [0.2, 0.25) is 0 Å². The summed E-state index contributed by atoms with van der Waals surface area (Å²) in [5.41, 5.74) is 0.780.